The Morgan fingerprint density at radius 1 is 1.17 bits per heavy atom. The molecule has 122 valence electrons. The summed E-state index contributed by atoms with van der Waals surface area (Å²) < 4.78 is 5.33. The molecule has 4 heteroatoms. The lowest BCUT2D eigenvalue weighted by Crippen LogP contribution is -2.28. The summed E-state index contributed by atoms with van der Waals surface area (Å²) in [6.07, 6.45) is 3.08. The summed E-state index contributed by atoms with van der Waals surface area (Å²) in [5.41, 5.74) is 3.10. The van der Waals surface area contributed by atoms with Gasteiger partial charge in [0.2, 0.25) is 0 Å². The zero-order valence-electron chi connectivity index (χ0n) is 13.7. The number of hydrogen-bond acceptors (Lipinski definition) is 2. The van der Waals surface area contributed by atoms with E-state index in [1.807, 2.05) is 35.2 Å². The maximum Gasteiger partial charge on any atom is 0.257 e. The molecule has 0 radical (unpaired) electrons. The third-order valence-electron chi connectivity index (χ3n) is 4.87. The van der Waals surface area contributed by atoms with E-state index in [0.29, 0.717) is 17.2 Å². The van der Waals surface area contributed by atoms with Crippen molar-refractivity contribution >= 4 is 16.8 Å². The molecule has 1 aliphatic rings. The van der Waals surface area contributed by atoms with Gasteiger partial charge in [-0.3, -0.25) is 4.79 Å². The topological polar surface area (TPSA) is 45.3 Å². The third-order valence-corrected chi connectivity index (χ3v) is 4.87. The van der Waals surface area contributed by atoms with Crippen molar-refractivity contribution in [1.82, 2.24) is 9.88 Å². The lowest BCUT2D eigenvalue weighted by molar-refractivity contribution is 0.0787. The number of nitrogens with one attached hydrogen (secondary N) is 1. The largest absolute Gasteiger partial charge is 0.496 e. The maximum absolute atomic E-state index is 12.8. The average Bonchev–Trinajstić information content (AvgIpc) is 3.27. The SMILES string of the molecule is COc1ccccc1C(=O)N1CCC(c2c[nH]c3ccccc23)C1. The van der Waals surface area contributed by atoms with Crippen LogP contribution in [0.3, 0.4) is 0 Å². The van der Waals surface area contributed by atoms with Gasteiger partial charge >= 0.3 is 0 Å². The summed E-state index contributed by atoms with van der Waals surface area (Å²) in [6.45, 7) is 1.53. The van der Waals surface area contributed by atoms with Crippen LogP contribution in [0.2, 0.25) is 0 Å². The number of carbonyl (C=O) groups is 1. The van der Waals surface area contributed by atoms with Crippen molar-refractivity contribution in [3.05, 3.63) is 65.9 Å². The second-order valence-corrected chi connectivity index (χ2v) is 6.23. The van der Waals surface area contributed by atoms with E-state index in [2.05, 4.69) is 29.4 Å². The molecule has 0 saturated carbocycles. The van der Waals surface area contributed by atoms with Crippen LogP contribution in [-0.2, 0) is 0 Å². The van der Waals surface area contributed by atoms with Crippen molar-refractivity contribution in [2.45, 2.75) is 12.3 Å². The molecule has 1 N–H and O–H groups in total. The number of aromatic amines is 1. The van der Waals surface area contributed by atoms with Crippen LogP contribution in [0.25, 0.3) is 10.9 Å². The molecule has 4 nitrogen and oxygen atoms in total. The van der Waals surface area contributed by atoms with Gasteiger partial charge in [-0.15, -0.1) is 0 Å². The van der Waals surface area contributed by atoms with Gasteiger partial charge in [0.25, 0.3) is 5.91 Å². The number of para-hydroxylation sites is 2. The molecule has 4 rings (SSSR count). The van der Waals surface area contributed by atoms with Crippen molar-refractivity contribution in [1.29, 1.82) is 0 Å². The minimum absolute atomic E-state index is 0.0507. The van der Waals surface area contributed by atoms with E-state index in [9.17, 15) is 4.79 Å². The van der Waals surface area contributed by atoms with Crippen molar-refractivity contribution in [2.75, 3.05) is 20.2 Å². The number of rotatable bonds is 3. The zero-order chi connectivity index (χ0) is 16.5. The molecule has 1 unspecified atom stereocenters. The summed E-state index contributed by atoms with van der Waals surface area (Å²) >= 11 is 0. The molecular weight excluding hydrogens is 300 g/mol. The number of aromatic nitrogens is 1. The van der Waals surface area contributed by atoms with E-state index >= 15 is 0 Å². The Morgan fingerprint density at radius 3 is 2.83 bits per heavy atom. The molecule has 2 aromatic carbocycles. The van der Waals surface area contributed by atoms with Gasteiger partial charge in [-0.25, -0.2) is 0 Å². The smallest absolute Gasteiger partial charge is 0.257 e. The van der Waals surface area contributed by atoms with E-state index in [1.54, 1.807) is 7.11 Å². The normalized spacial score (nSPS) is 17.4. The van der Waals surface area contributed by atoms with Gasteiger partial charge in [0.15, 0.2) is 0 Å². The van der Waals surface area contributed by atoms with Gasteiger partial charge in [0.05, 0.1) is 12.7 Å². The van der Waals surface area contributed by atoms with Crippen LogP contribution in [0, 0.1) is 0 Å². The first kappa shape index (κ1) is 14.8. The van der Waals surface area contributed by atoms with Crippen LogP contribution in [0.5, 0.6) is 5.75 Å². The first-order valence-corrected chi connectivity index (χ1v) is 8.26. The summed E-state index contributed by atoms with van der Waals surface area (Å²) in [5, 5.41) is 1.26. The molecule has 1 fully saturated rings. The number of amides is 1. The Bertz CT molecular complexity index is 884. The summed E-state index contributed by atoms with van der Waals surface area (Å²) in [4.78, 5) is 18.1. The number of likely N-dealkylation sites (tertiary alicyclic amines) is 1. The molecule has 0 bridgehead atoms. The van der Waals surface area contributed by atoms with E-state index in [0.717, 1.165) is 25.0 Å². The molecule has 3 aromatic rings. The zero-order valence-corrected chi connectivity index (χ0v) is 13.7. The molecule has 2 heterocycles. The minimum Gasteiger partial charge on any atom is -0.496 e. The van der Waals surface area contributed by atoms with Gasteiger partial charge in [-0.2, -0.15) is 0 Å². The average molecular weight is 320 g/mol. The fourth-order valence-corrected chi connectivity index (χ4v) is 3.62. The highest BCUT2D eigenvalue weighted by Crippen LogP contribution is 2.33. The second-order valence-electron chi connectivity index (χ2n) is 6.23. The number of benzene rings is 2. The van der Waals surface area contributed by atoms with E-state index in [-0.39, 0.29) is 5.91 Å². The molecule has 0 spiro atoms. The van der Waals surface area contributed by atoms with Gasteiger partial charge in [0.1, 0.15) is 5.75 Å². The van der Waals surface area contributed by atoms with Crippen LogP contribution >= 0.6 is 0 Å². The van der Waals surface area contributed by atoms with Gasteiger partial charge in [-0.1, -0.05) is 30.3 Å². The molecular formula is C20H20N2O2. The molecule has 1 saturated heterocycles. The van der Waals surface area contributed by atoms with Crippen LogP contribution in [-0.4, -0.2) is 36.0 Å². The Labute approximate surface area is 141 Å². The van der Waals surface area contributed by atoms with E-state index in [4.69, 9.17) is 4.74 Å². The Balaban J connectivity index is 1.57. The summed E-state index contributed by atoms with van der Waals surface area (Å²) in [5.74, 6) is 1.06. The fourth-order valence-electron chi connectivity index (χ4n) is 3.62. The lowest BCUT2D eigenvalue weighted by Gasteiger charge is -2.18. The van der Waals surface area contributed by atoms with Crippen molar-refractivity contribution in [3.8, 4) is 5.75 Å². The number of ether oxygens (including phenoxy) is 1. The van der Waals surface area contributed by atoms with Crippen molar-refractivity contribution in [3.63, 3.8) is 0 Å². The van der Waals surface area contributed by atoms with Crippen molar-refractivity contribution < 1.29 is 9.53 Å². The third kappa shape index (κ3) is 2.44. The van der Waals surface area contributed by atoms with E-state index < -0.39 is 0 Å². The van der Waals surface area contributed by atoms with Gasteiger partial charge < -0.3 is 14.6 Å². The number of carbonyl (C=O) groups excluding carboxylic acids is 1. The number of methoxy groups -OCH3 is 1. The standard InChI is InChI=1S/C20H20N2O2/c1-24-19-9-5-3-7-16(19)20(23)22-11-10-14(13-22)17-12-21-18-8-4-2-6-15(17)18/h2-9,12,14,21H,10-11,13H2,1H3. The van der Waals surface area contributed by atoms with Gasteiger partial charge in [-0.05, 0) is 30.2 Å². The summed E-state index contributed by atoms with van der Waals surface area (Å²) in [7, 11) is 1.60. The first-order chi connectivity index (χ1) is 11.8. The molecule has 24 heavy (non-hydrogen) atoms. The first-order valence-electron chi connectivity index (χ1n) is 8.26. The Hall–Kier alpha value is -2.75. The number of H-pyrrole nitrogens is 1. The number of nitrogens with zero attached hydrogens (tertiary/aromatic N) is 1. The number of fused-ring (bicyclic) bond motifs is 1. The van der Waals surface area contributed by atoms with E-state index in [1.165, 1.54) is 10.9 Å². The Morgan fingerprint density at radius 2 is 1.96 bits per heavy atom. The van der Waals surface area contributed by atoms with Crippen LogP contribution in [0.1, 0.15) is 28.3 Å². The molecule has 0 aliphatic carbocycles. The Kier molecular flexibility index (Phi) is 3.73. The maximum atomic E-state index is 12.8. The predicted octanol–water partition coefficient (Wildman–Crippen LogP) is 3.81. The number of hydrogen-bond donors (Lipinski definition) is 1. The molecule has 1 aliphatic heterocycles. The summed E-state index contributed by atoms with van der Waals surface area (Å²) in [6, 6.07) is 15.8. The van der Waals surface area contributed by atoms with Crippen LogP contribution in [0.4, 0.5) is 0 Å². The van der Waals surface area contributed by atoms with Crippen molar-refractivity contribution in [2.24, 2.45) is 0 Å². The quantitative estimate of drug-likeness (QED) is 0.797. The van der Waals surface area contributed by atoms with Crippen LogP contribution < -0.4 is 4.74 Å². The highest BCUT2D eigenvalue weighted by atomic mass is 16.5. The van der Waals surface area contributed by atoms with Gasteiger partial charge in [0, 0.05) is 36.1 Å². The molecule has 1 amide bonds. The molecule has 1 atom stereocenters. The highest BCUT2D eigenvalue weighted by molar-refractivity contribution is 5.97. The van der Waals surface area contributed by atoms with Crippen LogP contribution in [0.15, 0.2) is 54.7 Å². The minimum atomic E-state index is 0.0507. The fraction of sp³-hybridized carbons (Fsp3) is 0.250. The monoisotopic (exact) mass is 320 g/mol. The molecule has 1 aromatic heterocycles. The lowest BCUT2D eigenvalue weighted by atomic mass is 9.98. The second kappa shape index (κ2) is 6.04. The highest BCUT2D eigenvalue weighted by Gasteiger charge is 2.30. The predicted molar refractivity (Wildman–Crippen MR) is 94.6 cm³/mol.